The zero-order chi connectivity index (χ0) is 24.1. The predicted octanol–water partition coefficient (Wildman–Crippen LogP) is 6.56. The highest BCUT2D eigenvalue weighted by Crippen LogP contribution is 2.30. The molecule has 0 radical (unpaired) electrons. The van der Waals surface area contributed by atoms with Gasteiger partial charge in [-0.1, -0.05) is 36.0 Å². The standard InChI is InChI=1S/C28H21FN4OS/c1-17-15-22(18(2)32(17)20-13-11-19(29)12-14-20)26(34)16-35-28-31-23-8-4-3-7-21(23)27-30-24-9-5-6-10-25(24)33(27)28/h3-15H,16H2,1-2H3. The maximum atomic E-state index is 13.4. The minimum atomic E-state index is -0.287. The predicted molar refractivity (Wildman–Crippen MR) is 138 cm³/mol. The van der Waals surface area contributed by atoms with Gasteiger partial charge < -0.3 is 4.57 Å². The number of para-hydroxylation sites is 3. The Bertz CT molecular complexity index is 1750. The van der Waals surface area contributed by atoms with Crippen molar-refractivity contribution in [2.45, 2.75) is 19.0 Å². The summed E-state index contributed by atoms with van der Waals surface area (Å²) < 4.78 is 17.4. The zero-order valence-corrected chi connectivity index (χ0v) is 20.0. The fourth-order valence-corrected chi connectivity index (χ4v) is 5.54. The lowest BCUT2D eigenvalue weighted by Crippen LogP contribution is -2.07. The number of rotatable bonds is 5. The van der Waals surface area contributed by atoms with Crippen molar-refractivity contribution in [3.05, 3.63) is 102 Å². The molecule has 3 heterocycles. The molecule has 6 aromatic rings. The lowest BCUT2D eigenvalue weighted by molar-refractivity contribution is 0.102. The van der Waals surface area contributed by atoms with Crippen molar-refractivity contribution in [1.82, 2.24) is 18.9 Å². The number of carbonyl (C=O) groups excluding carboxylic acids is 1. The summed E-state index contributed by atoms with van der Waals surface area (Å²) in [5, 5.41) is 1.70. The van der Waals surface area contributed by atoms with Crippen molar-refractivity contribution >= 4 is 45.1 Å². The van der Waals surface area contributed by atoms with Gasteiger partial charge in [-0.05, 0) is 68.4 Å². The summed E-state index contributed by atoms with van der Waals surface area (Å²) in [5.74, 6) is -0.0326. The lowest BCUT2D eigenvalue weighted by Gasteiger charge is -2.10. The van der Waals surface area contributed by atoms with Crippen molar-refractivity contribution in [3.63, 3.8) is 0 Å². The summed E-state index contributed by atoms with van der Waals surface area (Å²) >= 11 is 1.41. The molecular formula is C28H21FN4OS. The number of Topliss-reactive ketones (excluding diaryl/α,β-unsaturated/α-hetero) is 1. The molecule has 0 N–H and O–H groups in total. The molecular weight excluding hydrogens is 459 g/mol. The molecule has 0 amide bonds. The van der Waals surface area contributed by atoms with E-state index < -0.39 is 0 Å². The van der Waals surface area contributed by atoms with E-state index in [4.69, 9.17) is 9.97 Å². The van der Waals surface area contributed by atoms with Crippen molar-refractivity contribution in [1.29, 1.82) is 0 Å². The molecule has 0 saturated heterocycles. The maximum Gasteiger partial charge on any atom is 0.175 e. The van der Waals surface area contributed by atoms with E-state index in [1.54, 1.807) is 12.1 Å². The molecule has 0 atom stereocenters. The summed E-state index contributed by atoms with van der Waals surface area (Å²) in [4.78, 5) is 23.1. The van der Waals surface area contributed by atoms with Gasteiger partial charge in [-0.25, -0.2) is 14.4 Å². The van der Waals surface area contributed by atoms with Crippen LogP contribution in [-0.4, -0.2) is 30.5 Å². The first kappa shape index (κ1) is 21.6. The Morgan fingerprint density at radius 1 is 0.914 bits per heavy atom. The third-order valence-corrected chi connectivity index (χ3v) is 7.20. The number of carbonyl (C=O) groups is 1. The highest BCUT2D eigenvalue weighted by molar-refractivity contribution is 7.99. The van der Waals surface area contributed by atoms with Crippen LogP contribution in [0.25, 0.3) is 33.3 Å². The molecule has 0 spiro atoms. The molecule has 0 aliphatic carbocycles. The van der Waals surface area contributed by atoms with Crippen molar-refractivity contribution < 1.29 is 9.18 Å². The number of hydrogen-bond acceptors (Lipinski definition) is 4. The van der Waals surface area contributed by atoms with Crippen LogP contribution in [0.3, 0.4) is 0 Å². The number of ketones is 1. The molecule has 0 fully saturated rings. The van der Waals surface area contributed by atoms with Crippen LogP contribution in [0.5, 0.6) is 0 Å². The van der Waals surface area contributed by atoms with Crippen molar-refractivity contribution in [2.24, 2.45) is 0 Å². The van der Waals surface area contributed by atoms with Gasteiger partial charge in [0.05, 0.1) is 22.3 Å². The number of thioether (sulfide) groups is 1. The molecule has 5 nitrogen and oxygen atoms in total. The third-order valence-electron chi connectivity index (χ3n) is 6.26. The van der Waals surface area contributed by atoms with E-state index in [1.807, 2.05) is 77.4 Å². The molecule has 7 heteroatoms. The molecule has 3 aromatic heterocycles. The Kier molecular flexibility index (Phi) is 5.15. The summed E-state index contributed by atoms with van der Waals surface area (Å²) in [6.07, 6.45) is 0. The Hall–Kier alpha value is -3.97. The first-order valence-corrected chi connectivity index (χ1v) is 12.3. The van der Waals surface area contributed by atoms with Crippen LogP contribution >= 0.6 is 11.8 Å². The number of halogens is 1. The zero-order valence-electron chi connectivity index (χ0n) is 19.2. The fourth-order valence-electron chi connectivity index (χ4n) is 4.65. The molecule has 0 unspecified atom stereocenters. The number of hydrogen-bond donors (Lipinski definition) is 0. The Morgan fingerprint density at radius 2 is 1.63 bits per heavy atom. The van der Waals surface area contributed by atoms with Gasteiger partial charge in [-0.3, -0.25) is 9.20 Å². The molecule has 3 aromatic carbocycles. The number of aromatic nitrogens is 4. The van der Waals surface area contributed by atoms with Crippen LogP contribution in [-0.2, 0) is 0 Å². The van der Waals surface area contributed by atoms with Gasteiger partial charge in [0.25, 0.3) is 0 Å². The molecule has 0 saturated carbocycles. The monoisotopic (exact) mass is 480 g/mol. The quantitative estimate of drug-likeness (QED) is 0.159. The van der Waals surface area contributed by atoms with Crippen LogP contribution in [0.4, 0.5) is 4.39 Å². The van der Waals surface area contributed by atoms with Crippen LogP contribution in [0, 0.1) is 19.7 Å². The van der Waals surface area contributed by atoms with E-state index in [-0.39, 0.29) is 17.4 Å². The van der Waals surface area contributed by atoms with Crippen molar-refractivity contribution in [3.8, 4) is 5.69 Å². The molecule has 35 heavy (non-hydrogen) atoms. The minimum absolute atomic E-state index is 0.0176. The number of imidazole rings is 1. The number of nitrogens with zero attached hydrogens (tertiary/aromatic N) is 4. The summed E-state index contributed by atoms with van der Waals surface area (Å²) in [7, 11) is 0. The van der Waals surface area contributed by atoms with Gasteiger partial charge in [0, 0.05) is 28.0 Å². The number of aryl methyl sites for hydroxylation is 1. The highest BCUT2D eigenvalue weighted by atomic mass is 32.2. The van der Waals surface area contributed by atoms with E-state index in [9.17, 15) is 9.18 Å². The second kappa shape index (κ2) is 8.36. The molecule has 172 valence electrons. The molecule has 6 rings (SSSR count). The summed E-state index contributed by atoms with van der Waals surface area (Å²) in [5.41, 5.74) is 6.79. The summed E-state index contributed by atoms with van der Waals surface area (Å²) in [6, 6.07) is 24.1. The third kappa shape index (κ3) is 3.59. The SMILES string of the molecule is Cc1cc(C(=O)CSc2nc3ccccc3c3nc4ccccc4n23)c(C)n1-c1ccc(F)cc1. The van der Waals surface area contributed by atoms with Gasteiger partial charge in [0.15, 0.2) is 10.9 Å². The van der Waals surface area contributed by atoms with Crippen LogP contribution in [0.15, 0.2) is 84.0 Å². The molecule has 0 aliphatic rings. The first-order chi connectivity index (χ1) is 17.0. The van der Waals surface area contributed by atoms with Crippen LogP contribution < -0.4 is 0 Å². The Balaban J connectivity index is 1.38. The fraction of sp³-hybridized carbons (Fsp3) is 0.107. The van der Waals surface area contributed by atoms with Crippen LogP contribution in [0.2, 0.25) is 0 Å². The molecule has 0 aliphatic heterocycles. The van der Waals surface area contributed by atoms with Gasteiger partial charge in [0.1, 0.15) is 11.5 Å². The average molecular weight is 481 g/mol. The van der Waals surface area contributed by atoms with E-state index in [1.165, 1.54) is 23.9 Å². The number of fused-ring (bicyclic) bond motifs is 5. The van der Waals surface area contributed by atoms with Gasteiger partial charge >= 0.3 is 0 Å². The average Bonchev–Trinajstić information content (AvgIpc) is 3.40. The highest BCUT2D eigenvalue weighted by Gasteiger charge is 2.19. The first-order valence-electron chi connectivity index (χ1n) is 11.3. The normalized spacial score (nSPS) is 11.6. The van der Waals surface area contributed by atoms with E-state index in [0.29, 0.717) is 5.56 Å². The topological polar surface area (TPSA) is 52.2 Å². The van der Waals surface area contributed by atoms with Gasteiger partial charge in [-0.15, -0.1) is 0 Å². The second-order valence-corrected chi connectivity index (χ2v) is 9.42. The van der Waals surface area contributed by atoms with E-state index >= 15 is 0 Å². The number of benzene rings is 3. The van der Waals surface area contributed by atoms with Crippen molar-refractivity contribution in [2.75, 3.05) is 5.75 Å². The maximum absolute atomic E-state index is 13.4. The van der Waals surface area contributed by atoms with E-state index in [2.05, 4.69) is 0 Å². The van der Waals surface area contributed by atoms with E-state index in [0.717, 1.165) is 49.8 Å². The minimum Gasteiger partial charge on any atom is -0.318 e. The van der Waals surface area contributed by atoms with Gasteiger partial charge in [0.2, 0.25) is 0 Å². The summed E-state index contributed by atoms with van der Waals surface area (Å²) in [6.45, 7) is 3.87. The Labute approximate surface area is 205 Å². The van der Waals surface area contributed by atoms with Crippen LogP contribution in [0.1, 0.15) is 21.7 Å². The Morgan fingerprint density at radius 3 is 2.43 bits per heavy atom. The lowest BCUT2D eigenvalue weighted by atomic mass is 10.2. The molecule has 0 bridgehead atoms. The smallest absolute Gasteiger partial charge is 0.175 e. The second-order valence-electron chi connectivity index (χ2n) is 8.48. The van der Waals surface area contributed by atoms with Gasteiger partial charge in [-0.2, -0.15) is 0 Å². The largest absolute Gasteiger partial charge is 0.318 e.